The largest absolute Gasteiger partial charge is 0.494 e. The molecule has 2 bridgehead atoms. The van der Waals surface area contributed by atoms with E-state index in [0.29, 0.717) is 5.41 Å². The third-order valence-corrected chi connectivity index (χ3v) is 7.44. The van der Waals surface area contributed by atoms with Gasteiger partial charge in [0, 0.05) is 11.0 Å². The molecule has 0 heterocycles. The van der Waals surface area contributed by atoms with Crippen LogP contribution < -0.4 is 4.74 Å². The fourth-order valence-electron chi connectivity index (χ4n) is 5.29. The monoisotopic (exact) mass is 400 g/mol. The van der Waals surface area contributed by atoms with Gasteiger partial charge in [-0.2, -0.15) is 0 Å². The summed E-state index contributed by atoms with van der Waals surface area (Å²) in [7, 11) is 0. The van der Waals surface area contributed by atoms with Crippen LogP contribution in [0.2, 0.25) is 0 Å². The van der Waals surface area contributed by atoms with E-state index < -0.39 is 0 Å². The standard InChI is InChI=1S/C29H36O/c1-3-5-23-30-27-13-9-25(10-14-27)15-16-28-17-20-29(21-18-28,22-19-28)26-11-7-24(6-4-2)8-12-26/h7-14H,3-6,17-23H2,1-2H3. The van der Waals surface area contributed by atoms with Crippen molar-refractivity contribution in [3.05, 3.63) is 65.2 Å². The second-order valence-corrected chi connectivity index (χ2v) is 9.48. The number of hydrogen-bond donors (Lipinski definition) is 0. The molecule has 3 aliphatic carbocycles. The Labute approximate surface area is 183 Å². The molecule has 2 aromatic carbocycles. The van der Waals surface area contributed by atoms with Crippen molar-refractivity contribution in [3.8, 4) is 17.6 Å². The first-order chi connectivity index (χ1) is 14.7. The zero-order valence-electron chi connectivity index (χ0n) is 18.8. The first kappa shape index (κ1) is 21.0. The predicted octanol–water partition coefficient (Wildman–Crippen LogP) is 7.46. The molecule has 1 heteroatoms. The molecule has 0 aliphatic heterocycles. The van der Waals surface area contributed by atoms with Gasteiger partial charge in [-0.3, -0.25) is 0 Å². The lowest BCUT2D eigenvalue weighted by Crippen LogP contribution is -2.43. The molecule has 0 saturated heterocycles. The molecule has 0 radical (unpaired) electrons. The van der Waals surface area contributed by atoms with Crippen molar-refractivity contribution in [1.82, 2.24) is 0 Å². The van der Waals surface area contributed by atoms with Gasteiger partial charge in [-0.05, 0) is 92.2 Å². The van der Waals surface area contributed by atoms with Crippen molar-refractivity contribution >= 4 is 0 Å². The third-order valence-electron chi connectivity index (χ3n) is 7.44. The molecule has 0 spiro atoms. The van der Waals surface area contributed by atoms with Crippen LogP contribution in [0.15, 0.2) is 48.5 Å². The summed E-state index contributed by atoms with van der Waals surface area (Å²) in [5.41, 5.74) is 4.81. The second kappa shape index (κ2) is 9.30. The van der Waals surface area contributed by atoms with E-state index in [4.69, 9.17) is 4.74 Å². The summed E-state index contributed by atoms with van der Waals surface area (Å²) in [6, 6.07) is 17.9. The highest BCUT2D eigenvalue weighted by Crippen LogP contribution is 2.57. The number of ether oxygens (including phenoxy) is 1. The zero-order chi connectivity index (χ0) is 20.9. The summed E-state index contributed by atoms with van der Waals surface area (Å²) >= 11 is 0. The lowest BCUT2D eigenvalue weighted by Gasteiger charge is -2.51. The number of hydrogen-bond acceptors (Lipinski definition) is 1. The van der Waals surface area contributed by atoms with Crippen molar-refractivity contribution in [2.75, 3.05) is 6.61 Å². The summed E-state index contributed by atoms with van der Waals surface area (Å²) in [4.78, 5) is 0. The van der Waals surface area contributed by atoms with E-state index in [0.717, 1.165) is 30.8 Å². The maximum Gasteiger partial charge on any atom is 0.119 e. The molecule has 0 amide bonds. The topological polar surface area (TPSA) is 9.23 Å². The second-order valence-electron chi connectivity index (χ2n) is 9.48. The molecule has 30 heavy (non-hydrogen) atoms. The Balaban J connectivity index is 1.39. The molecule has 2 aromatic rings. The van der Waals surface area contributed by atoms with E-state index in [9.17, 15) is 0 Å². The van der Waals surface area contributed by atoms with Crippen LogP contribution in [0.25, 0.3) is 0 Å². The van der Waals surface area contributed by atoms with Gasteiger partial charge in [0.25, 0.3) is 0 Å². The quantitative estimate of drug-likeness (QED) is 0.346. The minimum Gasteiger partial charge on any atom is -0.494 e. The predicted molar refractivity (Wildman–Crippen MR) is 126 cm³/mol. The Kier molecular flexibility index (Phi) is 6.52. The maximum absolute atomic E-state index is 5.77. The Morgan fingerprint density at radius 2 is 1.47 bits per heavy atom. The van der Waals surface area contributed by atoms with Gasteiger partial charge in [-0.15, -0.1) is 0 Å². The van der Waals surface area contributed by atoms with E-state index in [1.165, 1.54) is 56.9 Å². The van der Waals surface area contributed by atoms with E-state index >= 15 is 0 Å². The van der Waals surface area contributed by atoms with Gasteiger partial charge < -0.3 is 4.74 Å². The Morgan fingerprint density at radius 3 is 2.07 bits per heavy atom. The highest BCUT2D eigenvalue weighted by Gasteiger charge is 2.48. The minimum atomic E-state index is 0.236. The minimum absolute atomic E-state index is 0.236. The van der Waals surface area contributed by atoms with Gasteiger partial charge in [0.1, 0.15) is 5.75 Å². The number of unbranched alkanes of at least 4 members (excludes halogenated alkanes) is 1. The van der Waals surface area contributed by atoms with Crippen LogP contribution in [0.5, 0.6) is 5.75 Å². The Bertz CT molecular complexity index is 854. The SMILES string of the molecule is CCCCOc1ccc(C#CC23CCC(c4ccc(CCC)cc4)(CC2)CC3)cc1. The van der Waals surface area contributed by atoms with Crippen LogP contribution in [0.4, 0.5) is 0 Å². The van der Waals surface area contributed by atoms with Gasteiger partial charge in [0.05, 0.1) is 6.61 Å². The summed E-state index contributed by atoms with van der Waals surface area (Å²) in [5, 5.41) is 0. The fraction of sp³-hybridized carbons (Fsp3) is 0.517. The average Bonchev–Trinajstić information content (AvgIpc) is 2.81. The smallest absolute Gasteiger partial charge is 0.119 e. The first-order valence-electron chi connectivity index (χ1n) is 12.0. The van der Waals surface area contributed by atoms with E-state index in [1.807, 2.05) is 0 Å². The lowest BCUT2D eigenvalue weighted by atomic mass is 9.52. The average molecular weight is 401 g/mol. The Morgan fingerprint density at radius 1 is 0.800 bits per heavy atom. The normalized spacial score (nSPS) is 24.9. The van der Waals surface area contributed by atoms with Gasteiger partial charge in [-0.25, -0.2) is 0 Å². The maximum atomic E-state index is 5.77. The van der Waals surface area contributed by atoms with Crippen LogP contribution in [0.1, 0.15) is 88.3 Å². The summed E-state index contributed by atoms with van der Waals surface area (Å²) in [6.45, 7) is 5.24. The number of benzene rings is 2. The summed E-state index contributed by atoms with van der Waals surface area (Å²) in [6.07, 6.45) is 12.3. The third kappa shape index (κ3) is 4.59. The number of fused-ring (bicyclic) bond motifs is 3. The van der Waals surface area contributed by atoms with Crippen LogP contribution in [-0.2, 0) is 11.8 Å². The zero-order valence-corrected chi connectivity index (χ0v) is 18.8. The molecule has 5 rings (SSSR count). The molecule has 0 atom stereocenters. The molecule has 1 nitrogen and oxygen atoms in total. The molecular weight excluding hydrogens is 364 g/mol. The van der Waals surface area contributed by atoms with Crippen LogP contribution >= 0.6 is 0 Å². The Hall–Kier alpha value is -2.20. The van der Waals surface area contributed by atoms with Crippen LogP contribution in [0, 0.1) is 17.3 Å². The molecule has 0 N–H and O–H groups in total. The van der Waals surface area contributed by atoms with Gasteiger partial charge in [-0.1, -0.05) is 62.8 Å². The number of aryl methyl sites for hydroxylation is 1. The highest BCUT2D eigenvalue weighted by molar-refractivity contribution is 5.40. The summed E-state index contributed by atoms with van der Waals surface area (Å²) in [5.74, 6) is 8.16. The molecule has 0 unspecified atom stereocenters. The van der Waals surface area contributed by atoms with Crippen molar-refractivity contribution in [2.45, 2.75) is 83.5 Å². The van der Waals surface area contributed by atoms with Gasteiger partial charge >= 0.3 is 0 Å². The molecule has 158 valence electrons. The summed E-state index contributed by atoms with van der Waals surface area (Å²) < 4.78 is 5.77. The first-order valence-corrected chi connectivity index (χ1v) is 12.0. The molecule has 3 saturated carbocycles. The van der Waals surface area contributed by atoms with Crippen LogP contribution in [-0.4, -0.2) is 6.61 Å². The van der Waals surface area contributed by atoms with Crippen molar-refractivity contribution in [1.29, 1.82) is 0 Å². The fourth-order valence-corrected chi connectivity index (χ4v) is 5.29. The van der Waals surface area contributed by atoms with Gasteiger partial charge in [0.15, 0.2) is 0 Å². The van der Waals surface area contributed by atoms with Gasteiger partial charge in [0.2, 0.25) is 0 Å². The van der Waals surface area contributed by atoms with E-state index in [2.05, 4.69) is 74.2 Å². The van der Waals surface area contributed by atoms with E-state index in [-0.39, 0.29) is 5.41 Å². The van der Waals surface area contributed by atoms with Crippen molar-refractivity contribution in [2.24, 2.45) is 5.41 Å². The lowest BCUT2D eigenvalue weighted by molar-refractivity contribution is 0.0865. The molecule has 3 aliphatic rings. The van der Waals surface area contributed by atoms with Crippen LogP contribution in [0.3, 0.4) is 0 Å². The van der Waals surface area contributed by atoms with Crippen molar-refractivity contribution < 1.29 is 4.74 Å². The number of rotatable bonds is 7. The highest BCUT2D eigenvalue weighted by atomic mass is 16.5. The molecular formula is C29H36O. The molecule has 3 fully saturated rings. The van der Waals surface area contributed by atoms with E-state index in [1.54, 1.807) is 5.56 Å². The van der Waals surface area contributed by atoms with Crippen molar-refractivity contribution in [3.63, 3.8) is 0 Å². The molecule has 0 aromatic heterocycles.